The molecule has 0 aliphatic heterocycles. The molecule has 0 amide bonds. The van der Waals surface area contributed by atoms with Gasteiger partial charge in [-0.05, 0) is 106 Å². The first-order chi connectivity index (χ1) is 21.1. The lowest BCUT2D eigenvalue weighted by Gasteiger charge is -2.28. The number of unbranched alkanes of at least 4 members (excludes halogenated alkanes) is 3. The molecular weight excluding hydrogens is 577 g/mol. The molecule has 2 aromatic rings. The zero-order valence-corrected chi connectivity index (χ0v) is 25.0. The average Bonchev–Trinajstić information content (AvgIpc) is 2.98. The second-order valence-electron chi connectivity index (χ2n) is 11.1. The van der Waals surface area contributed by atoms with Crippen molar-refractivity contribution in [2.24, 2.45) is 5.92 Å². The van der Waals surface area contributed by atoms with Gasteiger partial charge in [0.25, 0.3) is 0 Å². The third-order valence-electron chi connectivity index (χ3n) is 7.26. The Labute approximate surface area is 256 Å². The van der Waals surface area contributed by atoms with E-state index in [0.29, 0.717) is 48.9 Å². The highest BCUT2D eigenvalue weighted by Gasteiger charge is 2.27. The number of carbonyl (C=O) groups excluding carboxylic acids is 2. The number of rotatable bonds is 17. The molecule has 0 atom stereocenters. The summed E-state index contributed by atoms with van der Waals surface area (Å²) < 4.78 is 58.7. The predicted octanol–water partition coefficient (Wildman–Crippen LogP) is 7.12. The Morgan fingerprint density at radius 3 is 2.09 bits per heavy atom. The van der Waals surface area contributed by atoms with Crippen LogP contribution in [0.3, 0.4) is 0 Å². The number of halogens is 3. The molecule has 8 nitrogen and oxygen atoms in total. The topological polar surface area (TPSA) is 123 Å². The van der Waals surface area contributed by atoms with Gasteiger partial charge in [-0.2, -0.15) is 13.2 Å². The van der Waals surface area contributed by atoms with Gasteiger partial charge in [0.2, 0.25) is 0 Å². The van der Waals surface area contributed by atoms with Crippen LogP contribution >= 0.6 is 0 Å². The van der Waals surface area contributed by atoms with Crippen LogP contribution in [0.1, 0.15) is 80.1 Å². The quantitative estimate of drug-likeness (QED) is 0.0830. The van der Waals surface area contributed by atoms with E-state index in [1.807, 2.05) is 24.3 Å². The van der Waals surface area contributed by atoms with Gasteiger partial charge in [0.15, 0.2) is 0 Å². The Morgan fingerprint density at radius 2 is 1.45 bits per heavy atom. The molecule has 0 radical (unpaired) electrons. The normalized spacial score (nSPS) is 17.0. The third kappa shape index (κ3) is 14.2. The fraction of sp³-hybridized carbons (Fsp3) is 0.515. The summed E-state index contributed by atoms with van der Waals surface area (Å²) in [6.45, 7) is 1.32. The van der Waals surface area contributed by atoms with Gasteiger partial charge in [-0.15, -0.1) is 0 Å². The summed E-state index contributed by atoms with van der Waals surface area (Å²) in [5.74, 6) is 0.246. The molecule has 44 heavy (non-hydrogen) atoms. The van der Waals surface area contributed by atoms with Crippen molar-refractivity contribution in [3.05, 3.63) is 59.7 Å². The Morgan fingerprint density at radius 1 is 0.818 bits per heavy atom. The molecule has 1 fully saturated rings. The third-order valence-corrected chi connectivity index (χ3v) is 7.26. The fourth-order valence-corrected chi connectivity index (χ4v) is 4.86. The van der Waals surface area contributed by atoms with Crippen molar-refractivity contribution in [3.63, 3.8) is 0 Å². The van der Waals surface area contributed by atoms with E-state index >= 15 is 0 Å². The number of hydrogen-bond donors (Lipinski definition) is 2. The van der Waals surface area contributed by atoms with Crippen LogP contribution in [0.15, 0.2) is 48.5 Å². The van der Waals surface area contributed by atoms with Crippen LogP contribution in [0.25, 0.3) is 6.08 Å². The molecule has 0 aromatic heterocycles. The maximum atomic E-state index is 12.2. The van der Waals surface area contributed by atoms with Gasteiger partial charge in [-0.1, -0.05) is 12.1 Å². The minimum Gasteiger partial charge on any atom is -0.493 e. The summed E-state index contributed by atoms with van der Waals surface area (Å²) in [6, 6.07) is 12.0. The van der Waals surface area contributed by atoms with Crippen LogP contribution in [0.5, 0.6) is 5.75 Å². The minimum absolute atomic E-state index is 0.00624. The molecule has 0 heterocycles. The smallest absolute Gasteiger partial charge is 0.389 e. The van der Waals surface area contributed by atoms with E-state index in [1.165, 1.54) is 18.2 Å². The number of ether oxygens (including phenoxy) is 4. The van der Waals surface area contributed by atoms with Crippen LogP contribution in [0.4, 0.5) is 24.5 Å². The van der Waals surface area contributed by atoms with Gasteiger partial charge in [-0.25, -0.2) is 9.59 Å². The van der Waals surface area contributed by atoms with E-state index < -0.39 is 24.5 Å². The number of nitrogens with two attached hydrogens (primary N) is 2. The van der Waals surface area contributed by atoms with Crippen molar-refractivity contribution >= 4 is 29.4 Å². The molecule has 0 spiro atoms. The van der Waals surface area contributed by atoms with Gasteiger partial charge in [-0.3, -0.25) is 0 Å². The molecule has 1 aliphatic carbocycles. The summed E-state index contributed by atoms with van der Waals surface area (Å²) in [5, 5.41) is 0. The monoisotopic (exact) mass is 620 g/mol. The molecule has 4 N–H and O–H groups in total. The Kier molecular flexibility index (Phi) is 14.3. The van der Waals surface area contributed by atoms with E-state index in [-0.39, 0.29) is 25.7 Å². The SMILES string of the molecule is Nc1cc(N)cc(C(=O)OCCCCCCOC(=O)/C=C/c2ccc(OCC3CCC(OCCCC(F)(F)F)CC3)cc2)c1. The lowest BCUT2D eigenvalue weighted by Crippen LogP contribution is -2.25. The molecule has 1 saturated carbocycles. The highest BCUT2D eigenvalue weighted by atomic mass is 19.4. The van der Waals surface area contributed by atoms with Crippen LogP contribution in [0.2, 0.25) is 0 Å². The maximum absolute atomic E-state index is 12.2. The first kappa shape index (κ1) is 34.8. The first-order valence-electron chi connectivity index (χ1n) is 15.2. The number of alkyl halides is 3. The number of hydrogen-bond acceptors (Lipinski definition) is 8. The van der Waals surface area contributed by atoms with Crippen molar-refractivity contribution in [1.29, 1.82) is 0 Å². The van der Waals surface area contributed by atoms with Crippen LogP contribution in [-0.2, 0) is 19.0 Å². The Balaban J connectivity index is 1.20. The summed E-state index contributed by atoms with van der Waals surface area (Å²) in [4.78, 5) is 24.1. The van der Waals surface area contributed by atoms with E-state index in [4.69, 9.17) is 30.4 Å². The maximum Gasteiger partial charge on any atom is 0.389 e. The largest absolute Gasteiger partial charge is 0.493 e. The molecule has 0 bridgehead atoms. The van der Waals surface area contributed by atoms with E-state index in [0.717, 1.165) is 49.8 Å². The lowest BCUT2D eigenvalue weighted by atomic mass is 9.88. The van der Waals surface area contributed by atoms with Crippen LogP contribution in [-0.4, -0.2) is 50.6 Å². The molecule has 11 heteroatoms. The molecule has 0 unspecified atom stereocenters. The summed E-state index contributed by atoms with van der Waals surface area (Å²) in [5.41, 5.74) is 13.4. The van der Waals surface area contributed by atoms with Crippen molar-refractivity contribution < 1.29 is 41.7 Å². The van der Waals surface area contributed by atoms with Gasteiger partial charge >= 0.3 is 18.1 Å². The highest BCUT2D eigenvalue weighted by molar-refractivity contribution is 5.91. The van der Waals surface area contributed by atoms with Crippen LogP contribution in [0, 0.1) is 5.92 Å². The van der Waals surface area contributed by atoms with E-state index in [1.54, 1.807) is 12.1 Å². The van der Waals surface area contributed by atoms with Gasteiger partial charge < -0.3 is 30.4 Å². The molecule has 1 aliphatic rings. The summed E-state index contributed by atoms with van der Waals surface area (Å²) >= 11 is 0. The number of esters is 2. The molecule has 3 rings (SSSR count). The van der Waals surface area contributed by atoms with Crippen LogP contribution < -0.4 is 16.2 Å². The standard InChI is InChI=1S/C33H43F3N2O6/c34-33(35,36)16-5-19-41-29-13-8-25(9-14-29)23-44-30-11-6-24(7-12-30)10-15-31(39)42-17-3-1-2-4-18-43-32(40)26-20-27(37)22-28(38)21-26/h6-7,10-12,15,20-22,25,29H,1-5,8-9,13-14,16-19,23,37-38H2/b15-10+. The zero-order chi connectivity index (χ0) is 31.8. The second kappa shape index (κ2) is 18.2. The lowest BCUT2D eigenvalue weighted by molar-refractivity contribution is -0.139. The zero-order valence-electron chi connectivity index (χ0n) is 25.0. The second-order valence-corrected chi connectivity index (χ2v) is 11.1. The van der Waals surface area contributed by atoms with Crippen molar-refractivity contribution in [1.82, 2.24) is 0 Å². The van der Waals surface area contributed by atoms with Gasteiger partial charge in [0.1, 0.15) is 5.75 Å². The number of carbonyl (C=O) groups is 2. The van der Waals surface area contributed by atoms with Crippen molar-refractivity contribution in [3.8, 4) is 5.75 Å². The van der Waals surface area contributed by atoms with E-state index in [2.05, 4.69) is 0 Å². The van der Waals surface area contributed by atoms with Gasteiger partial charge in [0, 0.05) is 30.5 Å². The van der Waals surface area contributed by atoms with E-state index in [9.17, 15) is 22.8 Å². The van der Waals surface area contributed by atoms with Crippen molar-refractivity contribution in [2.45, 2.75) is 76.5 Å². The van der Waals surface area contributed by atoms with Crippen molar-refractivity contribution in [2.75, 3.05) is 37.9 Å². The number of anilines is 2. The first-order valence-corrected chi connectivity index (χ1v) is 15.2. The number of nitrogen functional groups attached to an aromatic ring is 2. The van der Waals surface area contributed by atoms with Gasteiger partial charge in [0.05, 0.1) is 31.5 Å². The predicted molar refractivity (Wildman–Crippen MR) is 163 cm³/mol. The molecule has 242 valence electrons. The Bertz CT molecular complexity index is 1170. The summed E-state index contributed by atoms with van der Waals surface area (Å²) in [7, 11) is 0. The fourth-order valence-electron chi connectivity index (χ4n) is 4.86. The highest BCUT2D eigenvalue weighted by Crippen LogP contribution is 2.28. The molecular formula is C33H43F3N2O6. The summed E-state index contributed by atoms with van der Waals surface area (Å²) in [6.07, 6.45) is 4.77. The number of benzene rings is 2. The minimum atomic E-state index is -4.13. The molecule has 0 saturated heterocycles. The average molecular weight is 621 g/mol. The Hall–Kier alpha value is -3.73. The molecule has 2 aromatic carbocycles.